The van der Waals surface area contributed by atoms with Crippen molar-refractivity contribution in [2.45, 2.75) is 6.42 Å². The van der Waals surface area contributed by atoms with Gasteiger partial charge in [-0.2, -0.15) is 4.98 Å². The zero-order valence-corrected chi connectivity index (χ0v) is 11.6. The summed E-state index contributed by atoms with van der Waals surface area (Å²) in [6.07, 6.45) is 0.0917. The van der Waals surface area contributed by atoms with Crippen LogP contribution in [0.2, 0.25) is 0 Å². The number of hydrogen-bond donors (Lipinski definition) is 0. The molecule has 21 heavy (non-hydrogen) atoms. The molecule has 0 radical (unpaired) electrons. The molecule has 0 saturated heterocycles. The lowest BCUT2D eigenvalue weighted by molar-refractivity contribution is -0.122. The molecule has 0 unspecified atom stereocenters. The van der Waals surface area contributed by atoms with Crippen molar-refractivity contribution in [1.29, 1.82) is 0 Å². The lowest BCUT2D eigenvalue weighted by Gasteiger charge is -1.99. The van der Waals surface area contributed by atoms with E-state index in [1.54, 1.807) is 0 Å². The summed E-state index contributed by atoms with van der Waals surface area (Å²) in [5.41, 5.74) is 0.864. The molecule has 0 aliphatic heterocycles. The summed E-state index contributed by atoms with van der Waals surface area (Å²) in [5, 5.41) is 6.19. The molecule has 0 spiro atoms. The van der Waals surface area contributed by atoms with E-state index in [9.17, 15) is 4.79 Å². The largest absolute Gasteiger partial charge is 0.377 e. The number of aromatic nitrogens is 2. The minimum Gasteiger partial charge on any atom is -0.377 e. The fourth-order valence-electron chi connectivity index (χ4n) is 2.15. The van der Waals surface area contributed by atoms with Gasteiger partial charge < -0.3 is 9.26 Å². The second-order valence-corrected chi connectivity index (χ2v) is 4.72. The summed E-state index contributed by atoms with van der Waals surface area (Å²) in [4.78, 5) is 15.7. The van der Waals surface area contributed by atoms with Gasteiger partial charge >= 0.3 is 0 Å². The predicted octanol–water partition coefficient (Wildman–Crippen LogP) is 2.65. The average molecular weight is 282 g/mol. The van der Waals surface area contributed by atoms with Gasteiger partial charge in [0.05, 0.1) is 6.42 Å². The molecule has 0 fully saturated rings. The van der Waals surface area contributed by atoms with Crippen LogP contribution >= 0.6 is 0 Å². The van der Waals surface area contributed by atoms with Crippen LogP contribution in [0.4, 0.5) is 0 Å². The number of carbonyl (C=O) groups is 1. The van der Waals surface area contributed by atoms with Gasteiger partial charge in [0.2, 0.25) is 11.7 Å². The highest BCUT2D eigenvalue weighted by Gasteiger charge is 2.12. The number of hydrogen-bond acceptors (Lipinski definition) is 5. The van der Waals surface area contributed by atoms with Gasteiger partial charge in [0, 0.05) is 12.7 Å². The smallest absolute Gasteiger partial charge is 0.234 e. The third kappa shape index (κ3) is 2.98. The van der Waals surface area contributed by atoms with Crippen LogP contribution in [-0.4, -0.2) is 29.6 Å². The van der Waals surface area contributed by atoms with E-state index < -0.39 is 0 Å². The number of methoxy groups -OCH3 is 1. The van der Waals surface area contributed by atoms with Gasteiger partial charge in [-0.05, 0) is 16.8 Å². The third-order valence-electron chi connectivity index (χ3n) is 3.13. The van der Waals surface area contributed by atoms with Gasteiger partial charge in [0.1, 0.15) is 6.61 Å². The minimum atomic E-state index is -0.0915. The number of Topliss-reactive ketones (excluding diaryl/α,β-unsaturated/α-hetero) is 1. The Bertz CT molecular complexity index is 780. The van der Waals surface area contributed by atoms with E-state index in [1.165, 1.54) is 7.11 Å². The van der Waals surface area contributed by atoms with Crippen molar-refractivity contribution in [1.82, 2.24) is 10.1 Å². The Morgan fingerprint density at radius 3 is 2.81 bits per heavy atom. The molecule has 3 aromatic rings. The van der Waals surface area contributed by atoms with Crippen LogP contribution in [0, 0.1) is 0 Å². The van der Waals surface area contributed by atoms with Crippen molar-refractivity contribution in [2.24, 2.45) is 0 Å². The van der Waals surface area contributed by atoms with Gasteiger partial charge in [-0.1, -0.05) is 41.6 Å². The first-order valence-corrected chi connectivity index (χ1v) is 6.58. The second kappa shape index (κ2) is 5.85. The number of fused-ring (bicyclic) bond motifs is 1. The van der Waals surface area contributed by atoms with Crippen LogP contribution in [-0.2, 0) is 16.0 Å². The molecule has 3 rings (SSSR count). The molecule has 0 bridgehead atoms. The van der Waals surface area contributed by atoms with Gasteiger partial charge in [0.25, 0.3) is 0 Å². The Morgan fingerprint density at radius 1 is 1.19 bits per heavy atom. The second-order valence-electron chi connectivity index (χ2n) is 4.72. The lowest BCUT2D eigenvalue weighted by atomic mass is 10.1. The van der Waals surface area contributed by atoms with Crippen LogP contribution in [0.5, 0.6) is 0 Å². The Labute approximate surface area is 121 Å². The summed E-state index contributed by atoms with van der Waals surface area (Å²) < 4.78 is 9.89. The van der Waals surface area contributed by atoms with Crippen molar-refractivity contribution in [3.8, 4) is 11.4 Å². The first-order chi connectivity index (χ1) is 10.3. The average Bonchev–Trinajstić information content (AvgIpc) is 2.95. The van der Waals surface area contributed by atoms with Crippen molar-refractivity contribution >= 4 is 16.6 Å². The molecule has 0 aliphatic carbocycles. The maximum absolute atomic E-state index is 11.5. The molecule has 1 aromatic heterocycles. The maximum atomic E-state index is 11.5. The van der Waals surface area contributed by atoms with E-state index in [1.807, 2.05) is 42.5 Å². The molecular weight excluding hydrogens is 268 g/mol. The highest BCUT2D eigenvalue weighted by Crippen LogP contribution is 2.22. The van der Waals surface area contributed by atoms with Crippen LogP contribution < -0.4 is 0 Å². The van der Waals surface area contributed by atoms with Crippen LogP contribution in [0.3, 0.4) is 0 Å². The SMILES string of the molecule is COCC(=O)Cc1nc(-c2ccc3ccccc3c2)no1. The Balaban J connectivity index is 1.85. The van der Waals surface area contributed by atoms with E-state index >= 15 is 0 Å². The first-order valence-electron chi connectivity index (χ1n) is 6.58. The van der Waals surface area contributed by atoms with Crippen LogP contribution in [0.15, 0.2) is 47.0 Å². The molecule has 2 aromatic carbocycles. The molecule has 0 N–H and O–H groups in total. The van der Waals surface area contributed by atoms with Gasteiger partial charge in [-0.3, -0.25) is 4.79 Å². The topological polar surface area (TPSA) is 65.2 Å². The summed E-state index contributed by atoms with van der Waals surface area (Å²) in [7, 11) is 1.48. The summed E-state index contributed by atoms with van der Waals surface area (Å²) in [5.74, 6) is 0.701. The molecule has 1 heterocycles. The standard InChI is InChI=1S/C16H14N2O3/c1-20-10-14(19)9-15-17-16(18-21-15)13-7-6-11-4-2-3-5-12(11)8-13/h2-8H,9-10H2,1H3. The quantitative estimate of drug-likeness (QED) is 0.719. The molecule has 0 atom stereocenters. The number of ketones is 1. The zero-order chi connectivity index (χ0) is 14.7. The normalized spacial score (nSPS) is 10.9. The van der Waals surface area contributed by atoms with E-state index in [0.29, 0.717) is 11.7 Å². The molecule has 5 nitrogen and oxygen atoms in total. The van der Waals surface area contributed by atoms with Crippen LogP contribution in [0.1, 0.15) is 5.89 Å². The zero-order valence-electron chi connectivity index (χ0n) is 11.6. The first kappa shape index (κ1) is 13.5. The van der Waals surface area contributed by atoms with Gasteiger partial charge in [-0.25, -0.2) is 0 Å². The van der Waals surface area contributed by atoms with Crippen molar-refractivity contribution in [2.75, 3.05) is 13.7 Å². The van der Waals surface area contributed by atoms with E-state index in [-0.39, 0.29) is 18.8 Å². The molecule has 106 valence electrons. The predicted molar refractivity (Wildman–Crippen MR) is 77.8 cm³/mol. The summed E-state index contributed by atoms with van der Waals surface area (Å²) in [6.45, 7) is 0.0493. The van der Waals surface area contributed by atoms with Gasteiger partial charge in [-0.15, -0.1) is 0 Å². The molecule has 5 heteroatoms. The van der Waals surface area contributed by atoms with Crippen molar-refractivity contribution in [3.63, 3.8) is 0 Å². The fraction of sp³-hybridized carbons (Fsp3) is 0.188. The number of rotatable bonds is 5. The molecular formula is C16H14N2O3. The maximum Gasteiger partial charge on any atom is 0.234 e. The van der Waals surface area contributed by atoms with Crippen molar-refractivity contribution < 1.29 is 14.1 Å². The number of carbonyl (C=O) groups excluding carboxylic acids is 1. The van der Waals surface area contributed by atoms with E-state index in [4.69, 9.17) is 9.26 Å². The summed E-state index contributed by atoms with van der Waals surface area (Å²) >= 11 is 0. The van der Waals surface area contributed by atoms with E-state index in [0.717, 1.165) is 16.3 Å². The number of ether oxygens (including phenoxy) is 1. The summed E-state index contributed by atoms with van der Waals surface area (Å²) in [6, 6.07) is 14.0. The van der Waals surface area contributed by atoms with Crippen LogP contribution in [0.25, 0.3) is 22.2 Å². The third-order valence-corrected chi connectivity index (χ3v) is 3.13. The highest BCUT2D eigenvalue weighted by molar-refractivity contribution is 5.86. The minimum absolute atomic E-state index is 0.0493. The monoisotopic (exact) mass is 282 g/mol. The number of nitrogens with zero attached hydrogens (tertiary/aromatic N) is 2. The van der Waals surface area contributed by atoms with Crippen molar-refractivity contribution in [3.05, 3.63) is 48.4 Å². The fourth-order valence-corrected chi connectivity index (χ4v) is 2.15. The van der Waals surface area contributed by atoms with Gasteiger partial charge in [0.15, 0.2) is 5.78 Å². The highest BCUT2D eigenvalue weighted by atomic mass is 16.5. The van der Waals surface area contributed by atoms with E-state index in [2.05, 4.69) is 10.1 Å². The molecule has 0 aliphatic rings. The Kier molecular flexibility index (Phi) is 3.75. The Hall–Kier alpha value is -2.53. The Morgan fingerprint density at radius 2 is 2.00 bits per heavy atom. The molecule has 0 saturated carbocycles. The lowest BCUT2D eigenvalue weighted by Crippen LogP contribution is -2.09. The molecule has 0 amide bonds. The number of benzene rings is 2.